The summed E-state index contributed by atoms with van der Waals surface area (Å²) in [5.74, 6) is 0.875. The number of nitrogens with zero attached hydrogens (tertiary/aromatic N) is 5. The normalized spacial score (nSPS) is 17.2. The predicted octanol–water partition coefficient (Wildman–Crippen LogP) is 3.24. The van der Waals surface area contributed by atoms with Crippen LogP contribution in [0.25, 0.3) is 11.1 Å². The molecule has 0 atom stereocenters. The van der Waals surface area contributed by atoms with E-state index in [4.69, 9.17) is 0 Å². The highest BCUT2D eigenvalue weighted by atomic mass is 32.2. The van der Waals surface area contributed by atoms with E-state index in [1.165, 1.54) is 12.8 Å². The Morgan fingerprint density at radius 2 is 1.67 bits per heavy atom. The fourth-order valence-corrected chi connectivity index (χ4v) is 5.48. The van der Waals surface area contributed by atoms with Crippen LogP contribution in [-0.2, 0) is 10.0 Å². The van der Waals surface area contributed by atoms with E-state index < -0.39 is 10.0 Å². The van der Waals surface area contributed by atoms with Gasteiger partial charge in [-0.2, -0.15) is 0 Å². The average molecular weight is 465 g/mol. The molecule has 5 rings (SSSR count). The summed E-state index contributed by atoms with van der Waals surface area (Å²) in [4.78, 5) is 18.6. The molecular formula is C24H28N6O2S. The van der Waals surface area contributed by atoms with Crippen molar-refractivity contribution < 1.29 is 8.42 Å². The standard InChI is InChI=1S/C24H28N6O2S/c1-17-22(28-33(31,32)21-6-4-3-5-7-21)14-19(15-25-17)23-18(2)26-16-27-24(23)30-12-10-29(11-13-30)20-8-9-20/h3-7,14-16,20,28H,8-13H2,1-2H3. The zero-order valence-corrected chi connectivity index (χ0v) is 19.7. The number of aryl methyl sites for hydroxylation is 2. The molecule has 0 amide bonds. The number of sulfonamides is 1. The molecule has 2 fully saturated rings. The van der Waals surface area contributed by atoms with Crippen molar-refractivity contribution in [1.29, 1.82) is 0 Å². The van der Waals surface area contributed by atoms with Crippen LogP contribution in [0.15, 0.2) is 53.8 Å². The van der Waals surface area contributed by atoms with Gasteiger partial charge in [-0.15, -0.1) is 0 Å². The number of hydrogen-bond acceptors (Lipinski definition) is 7. The summed E-state index contributed by atoms with van der Waals surface area (Å²) in [6.07, 6.45) is 6.00. The summed E-state index contributed by atoms with van der Waals surface area (Å²) in [6, 6.07) is 10.9. The number of hydrogen-bond donors (Lipinski definition) is 1. The summed E-state index contributed by atoms with van der Waals surface area (Å²) in [6.45, 7) is 7.62. The van der Waals surface area contributed by atoms with Crippen molar-refractivity contribution in [3.63, 3.8) is 0 Å². The fourth-order valence-electron chi connectivity index (χ4n) is 4.35. The lowest BCUT2D eigenvalue weighted by Crippen LogP contribution is -2.47. The van der Waals surface area contributed by atoms with Crippen LogP contribution < -0.4 is 9.62 Å². The first-order valence-corrected chi connectivity index (χ1v) is 12.8. The molecule has 1 aromatic carbocycles. The van der Waals surface area contributed by atoms with E-state index in [0.29, 0.717) is 11.4 Å². The van der Waals surface area contributed by atoms with Crippen molar-refractivity contribution in [2.75, 3.05) is 35.8 Å². The molecule has 1 aliphatic carbocycles. The second-order valence-electron chi connectivity index (χ2n) is 8.69. The molecule has 2 aromatic heterocycles. The molecule has 8 nitrogen and oxygen atoms in total. The summed E-state index contributed by atoms with van der Waals surface area (Å²) >= 11 is 0. The Hall–Kier alpha value is -3.04. The maximum absolute atomic E-state index is 12.9. The Labute approximate surface area is 194 Å². The van der Waals surface area contributed by atoms with E-state index in [9.17, 15) is 8.42 Å². The van der Waals surface area contributed by atoms with Crippen molar-refractivity contribution >= 4 is 21.5 Å². The molecule has 0 radical (unpaired) electrons. The Bertz CT molecular complexity index is 1250. The molecule has 172 valence electrons. The lowest BCUT2D eigenvalue weighted by atomic mass is 10.0. The molecule has 0 spiro atoms. The van der Waals surface area contributed by atoms with Crippen LogP contribution in [0.3, 0.4) is 0 Å². The van der Waals surface area contributed by atoms with Crippen LogP contribution >= 0.6 is 0 Å². The smallest absolute Gasteiger partial charge is 0.261 e. The van der Waals surface area contributed by atoms with Gasteiger partial charge in [0.25, 0.3) is 10.0 Å². The van der Waals surface area contributed by atoms with Crippen LogP contribution in [0.1, 0.15) is 24.2 Å². The van der Waals surface area contributed by atoms with Gasteiger partial charge in [-0.1, -0.05) is 18.2 Å². The van der Waals surface area contributed by atoms with Gasteiger partial charge in [0, 0.05) is 49.5 Å². The van der Waals surface area contributed by atoms with E-state index in [1.807, 2.05) is 13.0 Å². The lowest BCUT2D eigenvalue weighted by Gasteiger charge is -2.36. The Kier molecular flexibility index (Phi) is 5.76. The number of nitrogens with one attached hydrogen (secondary N) is 1. The van der Waals surface area contributed by atoms with Gasteiger partial charge in [0.15, 0.2) is 0 Å². The molecule has 9 heteroatoms. The molecule has 0 bridgehead atoms. The molecular weight excluding hydrogens is 436 g/mol. The monoisotopic (exact) mass is 464 g/mol. The minimum Gasteiger partial charge on any atom is -0.353 e. The van der Waals surface area contributed by atoms with Gasteiger partial charge in [-0.3, -0.25) is 14.6 Å². The van der Waals surface area contributed by atoms with E-state index >= 15 is 0 Å². The third-order valence-electron chi connectivity index (χ3n) is 6.37. The van der Waals surface area contributed by atoms with Gasteiger partial charge >= 0.3 is 0 Å². The fraction of sp³-hybridized carbons (Fsp3) is 0.375. The first-order chi connectivity index (χ1) is 15.9. The van der Waals surface area contributed by atoms with Gasteiger partial charge in [0.05, 0.1) is 22.0 Å². The zero-order valence-electron chi connectivity index (χ0n) is 18.9. The topological polar surface area (TPSA) is 91.3 Å². The van der Waals surface area contributed by atoms with Gasteiger partial charge in [0.1, 0.15) is 12.1 Å². The minimum absolute atomic E-state index is 0.211. The number of piperazine rings is 1. The third kappa shape index (κ3) is 4.56. The zero-order chi connectivity index (χ0) is 23.0. The van der Waals surface area contributed by atoms with E-state index in [0.717, 1.165) is 54.9 Å². The molecule has 33 heavy (non-hydrogen) atoms. The highest BCUT2D eigenvalue weighted by Gasteiger charge is 2.32. The Morgan fingerprint density at radius 1 is 0.939 bits per heavy atom. The second-order valence-corrected chi connectivity index (χ2v) is 10.4. The van der Waals surface area contributed by atoms with Crippen molar-refractivity contribution in [3.05, 3.63) is 60.3 Å². The lowest BCUT2D eigenvalue weighted by molar-refractivity contribution is 0.247. The SMILES string of the molecule is Cc1ncc(-c2c(C)ncnc2N2CCN(C3CC3)CC2)cc1NS(=O)(=O)c1ccccc1. The number of rotatable bonds is 6. The molecule has 1 saturated carbocycles. The number of aromatic nitrogens is 3. The molecule has 1 N–H and O–H groups in total. The van der Waals surface area contributed by atoms with E-state index in [1.54, 1.807) is 49.8 Å². The van der Waals surface area contributed by atoms with Crippen LogP contribution in [-0.4, -0.2) is 60.5 Å². The first-order valence-electron chi connectivity index (χ1n) is 11.3. The summed E-state index contributed by atoms with van der Waals surface area (Å²) < 4.78 is 28.5. The van der Waals surface area contributed by atoms with Crippen molar-refractivity contribution in [2.45, 2.75) is 37.6 Å². The number of benzene rings is 1. The summed E-state index contributed by atoms with van der Waals surface area (Å²) in [5, 5.41) is 0. The average Bonchev–Trinajstić information content (AvgIpc) is 3.67. The molecule has 1 aliphatic heterocycles. The molecule has 3 heterocycles. The summed E-state index contributed by atoms with van der Waals surface area (Å²) in [7, 11) is -3.72. The quantitative estimate of drug-likeness (QED) is 0.599. The third-order valence-corrected chi connectivity index (χ3v) is 7.75. The van der Waals surface area contributed by atoms with Crippen molar-refractivity contribution in [1.82, 2.24) is 19.9 Å². The predicted molar refractivity (Wildman–Crippen MR) is 129 cm³/mol. The van der Waals surface area contributed by atoms with Gasteiger partial charge in [-0.05, 0) is 44.9 Å². The molecule has 2 aliphatic rings. The van der Waals surface area contributed by atoms with Crippen LogP contribution in [0, 0.1) is 13.8 Å². The highest BCUT2D eigenvalue weighted by molar-refractivity contribution is 7.92. The van der Waals surface area contributed by atoms with Crippen molar-refractivity contribution in [3.8, 4) is 11.1 Å². The van der Waals surface area contributed by atoms with Gasteiger partial charge < -0.3 is 4.90 Å². The van der Waals surface area contributed by atoms with E-state index in [2.05, 4.69) is 29.5 Å². The first kappa shape index (κ1) is 21.8. The van der Waals surface area contributed by atoms with Gasteiger partial charge in [-0.25, -0.2) is 18.4 Å². The van der Waals surface area contributed by atoms with Crippen molar-refractivity contribution in [2.24, 2.45) is 0 Å². The number of pyridine rings is 1. The Morgan fingerprint density at radius 3 is 2.36 bits per heavy atom. The van der Waals surface area contributed by atoms with E-state index in [-0.39, 0.29) is 4.90 Å². The van der Waals surface area contributed by atoms with Crippen LogP contribution in [0.2, 0.25) is 0 Å². The molecule has 1 saturated heterocycles. The van der Waals surface area contributed by atoms with Crippen LogP contribution in [0.5, 0.6) is 0 Å². The summed E-state index contributed by atoms with van der Waals surface area (Å²) in [5.41, 5.74) is 3.58. The minimum atomic E-state index is -3.72. The number of anilines is 2. The second kappa shape index (κ2) is 8.72. The molecule has 0 unspecified atom stereocenters. The Balaban J connectivity index is 1.46. The maximum atomic E-state index is 12.9. The largest absolute Gasteiger partial charge is 0.353 e. The maximum Gasteiger partial charge on any atom is 0.261 e. The van der Waals surface area contributed by atoms with Gasteiger partial charge in [0.2, 0.25) is 0 Å². The molecule has 3 aromatic rings. The highest BCUT2D eigenvalue weighted by Crippen LogP contribution is 2.35. The van der Waals surface area contributed by atoms with Crippen LogP contribution in [0.4, 0.5) is 11.5 Å².